The van der Waals surface area contributed by atoms with E-state index in [9.17, 15) is 4.79 Å². The highest BCUT2D eigenvalue weighted by Crippen LogP contribution is 2.24. The molecule has 1 aromatic heterocycles. The predicted molar refractivity (Wildman–Crippen MR) is 75.1 cm³/mol. The van der Waals surface area contributed by atoms with Crippen LogP contribution >= 0.6 is 34.5 Å². The lowest BCUT2D eigenvalue weighted by atomic mass is 10.2. The van der Waals surface area contributed by atoms with Gasteiger partial charge in [0.1, 0.15) is 0 Å². The van der Waals surface area contributed by atoms with Crippen LogP contribution in [-0.4, -0.2) is 11.1 Å². The van der Waals surface area contributed by atoms with Crippen LogP contribution in [0.4, 0.5) is 5.69 Å². The van der Waals surface area contributed by atoms with E-state index in [2.05, 4.69) is 5.32 Å². The van der Waals surface area contributed by atoms with Crippen LogP contribution in [0.5, 0.6) is 0 Å². The molecule has 2 N–H and O–H groups in total. The third kappa shape index (κ3) is 3.16. The van der Waals surface area contributed by atoms with E-state index in [1.54, 1.807) is 12.1 Å². The zero-order valence-electron chi connectivity index (χ0n) is 9.11. The zero-order chi connectivity index (χ0) is 13.1. The lowest BCUT2D eigenvalue weighted by Gasteiger charge is -2.08. The van der Waals surface area contributed by atoms with Crippen molar-refractivity contribution in [2.75, 3.05) is 5.32 Å². The predicted octanol–water partition coefficient (Wildman–Crippen LogP) is 4.37. The second kappa shape index (κ2) is 5.61. The van der Waals surface area contributed by atoms with Crippen molar-refractivity contribution >= 4 is 46.2 Å². The first-order valence-electron chi connectivity index (χ1n) is 5.07. The summed E-state index contributed by atoms with van der Waals surface area (Å²) in [5.41, 5.74) is 0.696. The number of carboxylic acid groups (broad SMARTS) is 1. The highest BCUT2D eigenvalue weighted by molar-refractivity contribution is 7.16. The first kappa shape index (κ1) is 13.2. The molecule has 0 bridgehead atoms. The number of rotatable bonds is 4. The molecule has 0 fully saturated rings. The fourth-order valence-corrected chi connectivity index (χ4v) is 2.68. The van der Waals surface area contributed by atoms with Crippen LogP contribution < -0.4 is 5.32 Å². The molecular weight excluding hydrogens is 293 g/mol. The highest BCUT2D eigenvalue weighted by atomic mass is 35.5. The van der Waals surface area contributed by atoms with Gasteiger partial charge in [-0.1, -0.05) is 23.2 Å². The molecule has 1 aromatic carbocycles. The minimum atomic E-state index is -1.01. The Bertz CT molecular complexity index is 583. The Morgan fingerprint density at radius 2 is 2.06 bits per heavy atom. The molecule has 94 valence electrons. The minimum Gasteiger partial charge on any atom is -0.478 e. The number of halogens is 2. The highest BCUT2D eigenvalue weighted by Gasteiger charge is 2.10. The largest absolute Gasteiger partial charge is 0.478 e. The molecule has 0 aliphatic heterocycles. The van der Waals surface area contributed by atoms with Crippen molar-refractivity contribution in [3.63, 3.8) is 0 Å². The number of carboxylic acids is 1. The molecule has 0 spiro atoms. The van der Waals surface area contributed by atoms with Gasteiger partial charge in [-0.15, -0.1) is 11.3 Å². The van der Waals surface area contributed by atoms with Gasteiger partial charge in [0.25, 0.3) is 0 Å². The third-order valence-electron chi connectivity index (χ3n) is 2.29. The molecule has 0 atom stereocenters. The maximum Gasteiger partial charge on any atom is 0.337 e. The summed E-state index contributed by atoms with van der Waals surface area (Å²) in [6, 6.07) is 8.44. The molecule has 2 aromatic rings. The van der Waals surface area contributed by atoms with Gasteiger partial charge in [0.2, 0.25) is 0 Å². The summed E-state index contributed by atoms with van der Waals surface area (Å²) in [5.74, 6) is -1.01. The Morgan fingerprint density at radius 3 is 2.67 bits per heavy atom. The van der Waals surface area contributed by atoms with Crippen LogP contribution in [0.15, 0.2) is 30.3 Å². The van der Waals surface area contributed by atoms with E-state index in [0.29, 0.717) is 21.6 Å². The second-order valence-corrected chi connectivity index (χ2v) is 5.79. The normalized spacial score (nSPS) is 10.3. The molecule has 0 saturated heterocycles. The van der Waals surface area contributed by atoms with E-state index < -0.39 is 5.97 Å². The van der Waals surface area contributed by atoms with Crippen molar-refractivity contribution in [1.82, 2.24) is 0 Å². The number of carbonyl (C=O) groups is 1. The van der Waals surface area contributed by atoms with Gasteiger partial charge < -0.3 is 10.4 Å². The average molecular weight is 302 g/mol. The van der Waals surface area contributed by atoms with Crippen LogP contribution in [0, 0.1) is 0 Å². The summed E-state index contributed by atoms with van der Waals surface area (Å²) in [6.45, 7) is 0.527. The van der Waals surface area contributed by atoms with Gasteiger partial charge in [-0.2, -0.15) is 0 Å². The number of aromatic carboxylic acids is 1. The Balaban J connectivity index is 2.16. The lowest BCUT2D eigenvalue weighted by molar-refractivity contribution is 0.0698. The van der Waals surface area contributed by atoms with Crippen LogP contribution in [0.1, 0.15) is 15.2 Å². The topological polar surface area (TPSA) is 49.3 Å². The molecular formula is C12H9Cl2NO2S. The van der Waals surface area contributed by atoms with E-state index in [0.717, 1.165) is 4.88 Å². The summed E-state index contributed by atoms with van der Waals surface area (Å²) < 4.78 is 0.710. The number of thiophene rings is 1. The van der Waals surface area contributed by atoms with Crippen LogP contribution in [0.3, 0.4) is 0 Å². The molecule has 1 heterocycles. The van der Waals surface area contributed by atoms with E-state index in [1.807, 2.05) is 12.1 Å². The summed E-state index contributed by atoms with van der Waals surface area (Å²) in [7, 11) is 0. The Morgan fingerprint density at radius 1 is 1.28 bits per heavy atom. The summed E-state index contributed by atoms with van der Waals surface area (Å²) >= 11 is 13.1. The van der Waals surface area contributed by atoms with E-state index >= 15 is 0 Å². The van der Waals surface area contributed by atoms with E-state index in [4.69, 9.17) is 28.3 Å². The van der Waals surface area contributed by atoms with Crippen LogP contribution in [0.2, 0.25) is 9.36 Å². The van der Waals surface area contributed by atoms with Gasteiger partial charge in [-0.3, -0.25) is 0 Å². The summed E-state index contributed by atoms with van der Waals surface area (Å²) in [4.78, 5) is 12.1. The van der Waals surface area contributed by atoms with Crippen molar-refractivity contribution in [2.24, 2.45) is 0 Å². The van der Waals surface area contributed by atoms with E-state index in [-0.39, 0.29) is 5.56 Å². The first-order valence-corrected chi connectivity index (χ1v) is 6.64. The number of hydrogen-bond acceptors (Lipinski definition) is 3. The van der Waals surface area contributed by atoms with Crippen molar-refractivity contribution in [2.45, 2.75) is 6.54 Å². The van der Waals surface area contributed by atoms with Gasteiger partial charge in [-0.25, -0.2) is 4.79 Å². The molecule has 0 aliphatic carbocycles. The number of hydrogen-bond donors (Lipinski definition) is 2. The average Bonchev–Trinajstić information content (AvgIpc) is 2.73. The van der Waals surface area contributed by atoms with Crippen molar-refractivity contribution in [3.05, 3.63) is 50.1 Å². The molecule has 0 aliphatic rings. The number of benzene rings is 1. The Labute approximate surface area is 118 Å². The van der Waals surface area contributed by atoms with Crippen molar-refractivity contribution in [1.29, 1.82) is 0 Å². The van der Waals surface area contributed by atoms with Gasteiger partial charge in [0, 0.05) is 22.1 Å². The molecule has 0 saturated carbocycles. The monoisotopic (exact) mass is 301 g/mol. The Hall–Kier alpha value is -1.23. The molecule has 6 heteroatoms. The standard InChI is InChI=1S/C12H9Cl2NO2S/c13-7-1-3-10(9(5-7)12(16)17)15-6-8-2-4-11(14)18-8/h1-5,15H,6H2,(H,16,17). The molecule has 2 rings (SSSR count). The molecule has 3 nitrogen and oxygen atoms in total. The zero-order valence-corrected chi connectivity index (χ0v) is 11.4. The summed E-state index contributed by atoms with van der Waals surface area (Å²) in [5, 5.41) is 12.5. The van der Waals surface area contributed by atoms with Gasteiger partial charge in [0.05, 0.1) is 9.90 Å². The maximum atomic E-state index is 11.1. The summed E-state index contributed by atoms with van der Waals surface area (Å²) in [6.07, 6.45) is 0. The fourth-order valence-electron chi connectivity index (χ4n) is 1.48. The molecule has 0 amide bonds. The lowest BCUT2D eigenvalue weighted by Crippen LogP contribution is -2.05. The number of anilines is 1. The van der Waals surface area contributed by atoms with Crippen molar-refractivity contribution < 1.29 is 9.90 Å². The first-order chi connectivity index (χ1) is 8.56. The molecule has 0 unspecified atom stereocenters. The van der Waals surface area contributed by atoms with Gasteiger partial charge in [0.15, 0.2) is 0 Å². The minimum absolute atomic E-state index is 0.158. The smallest absolute Gasteiger partial charge is 0.337 e. The SMILES string of the molecule is O=C(O)c1cc(Cl)ccc1NCc1ccc(Cl)s1. The van der Waals surface area contributed by atoms with Crippen molar-refractivity contribution in [3.8, 4) is 0 Å². The number of nitrogens with one attached hydrogen (secondary N) is 1. The Kier molecular flexibility index (Phi) is 4.11. The third-order valence-corrected chi connectivity index (χ3v) is 3.76. The quantitative estimate of drug-likeness (QED) is 0.882. The molecule has 0 radical (unpaired) electrons. The van der Waals surface area contributed by atoms with E-state index in [1.165, 1.54) is 17.4 Å². The van der Waals surface area contributed by atoms with Crippen LogP contribution in [-0.2, 0) is 6.54 Å². The maximum absolute atomic E-state index is 11.1. The fraction of sp³-hybridized carbons (Fsp3) is 0.0833. The van der Waals surface area contributed by atoms with Gasteiger partial charge >= 0.3 is 5.97 Å². The van der Waals surface area contributed by atoms with Crippen LogP contribution in [0.25, 0.3) is 0 Å². The second-order valence-electron chi connectivity index (χ2n) is 3.55. The molecule has 18 heavy (non-hydrogen) atoms. The van der Waals surface area contributed by atoms with Gasteiger partial charge in [-0.05, 0) is 30.3 Å².